The molecule has 0 atom stereocenters. The maximum atomic E-state index is 12.2. The monoisotopic (exact) mass is 312 g/mol. The molecule has 0 aromatic carbocycles. The van der Waals surface area contributed by atoms with Gasteiger partial charge < -0.3 is 14.7 Å². The van der Waals surface area contributed by atoms with Gasteiger partial charge >= 0.3 is 0 Å². The van der Waals surface area contributed by atoms with Gasteiger partial charge in [-0.3, -0.25) is 19.3 Å². The maximum Gasteiger partial charge on any atom is 0.236 e. The quantitative estimate of drug-likeness (QED) is 0.662. The van der Waals surface area contributed by atoms with Crippen molar-refractivity contribution < 1.29 is 14.4 Å². The van der Waals surface area contributed by atoms with E-state index in [1.165, 1.54) is 0 Å². The topological polar surface area (TPSA) is 64.2 Å². The maximum absolute atomic E-state index is 12.2. The van der Waals surface area contributed by atoms with Gasteiger partial charge in [0.1, 0.15) is 0 Å². The fourth-order valence-electron chi connectivity index (χ4n) is 2.56. The van der Waals surface area contributed by atoms with Crippen LogP contribution in [-0.4, -0.2) is 96.7 Å². The SMILES string of the molecule is CCN(CC)C(=O)CN(C)CC(=O)N1CCN(C(C)=O)CC1. The molecule has 1 rings (SSSR count). The smallest absolute Gasteiger partial charge is 0.236 e. The van der Waals surface area contributed by atoms with Crippen LogP contribution in [0.25, 0.3) is 0 Å². The molecule has 1 aliphatic rings. The zero-order valence-corrected chi connectivity index (χ0v) is 14.2. The van der Waals surface area contributed by atoms with E-state index in [1.54, 1.807) is 33.6 Å². The van der Waals surface area contributed by atoms with E-state index in [1.807, 2.05) is 13.8 Å². The lowest BCUT2D eigenvalue weighted by Crippen LogP contribution is -2.52. The molecule has 7 heteroatoms. The van der Waals surface area contributed by atoms with Gasteiger partial charge in [0.25, 0.3) is 0 Å². The molecular formula is C15H28N4O3. The molecule has 1 saturated heterocycles. The molecule has 0 aromatic heterocycles. The number of piperazine rings is 1. The van der Waals surface area contributed by atoms with Crippen LogP contribution in [0.3, 0.4) is 0 Å². The van der Waals surface area contributed by atoms with Crippen LogP contribution in [-0.2, 0) is 14.4 Å². The fourth-order valence-corrected chi connectivity index (χ4v) is 2.56. The van der Waals surface area contributed by atoms with Gasteiger partial charge in [-0.25, -0.2) is 0 Å². The van der Waals surface area contributed by atoms with Crippen LogP contribution in [0.15, 0.2) is 0 Å². The third-order valence-corrected chi connectivity index (χ3v) is 4.00. The number of hydrogen-bond acceptors (Lipinski definition) is 4. The van der Waals surface area contributed by atoms with Crippen molar-refractivity contribution in [3.63, 3.8) is 0 Å². The van der Waals surface area contributed by atoms with Crippen LogP contribution < -0.4 is 0 Å². The highest BCUT2D eigenvalue weighted by Gasteiger charge is 2.23. The number of carbonyl (C=O) groups is 3. The van der Waals surface area contributed by atoms with Crippen molar-refractivity contribution in [1.29, 1.82) is 0 Å². The van der Waals surface area contributed by atoms with E-state index in [9.17, 15) is 14.4 Å². The lowest BCUT2D eigenvalue weighted by atomic mass is 10.3. The Balaban J connectivity index is 2.39. The number of hydrogen-bond donors (Lipinski definition) is 0. The number of rotatable bonds is 6. The zero-order valence-electron chi connectivity index (χ0n) is 14.2. The lowest BCUT2D eigenvalue weighted by Gasteiger charge is -2.35. The molecule has 0 unspecified atom stereocenters. The third-order valence-electron chi connectivity index (χ3n) is 4.00. The Hall–Kier alpha value is -1.63. The lowest BCUT2D eigenvalue weighted by molar-refractivity contribution is -0.140. The highest BCUT2D eigenvalue weighted by atomic mass is 16.2. The first-order valence-electron chi connectivity index (χ1n) is 7.88. The van der Waals surface area contributed by atoms with Crippen molar-refractivity contribution in [2.75, 3.05) is 59.4 Å². The first-order chi connectivity index (χ1) is 10.4. The molecule has 126 valence electrons. The van der Waals surface area contributed by atoms with E-state index in [0.29, 0.717) is 39.3 Å². The second kappa shape index (κ2) is 8.73. The van der Waals surface area contributed by atoms with Crippen molar-refractivity contribution in [2.45, 2.75) is 20.8 Å². The largest absolute Gasteiger partial charge is 0.342 e. The van der Waals surface area contributed by atoms with Gasteiger partial charge in [0.15, 0.2) is 0 Å². The Morgan fingerprint density at radius 1 is 0.909 bits per heavy atom. The van der Waals surface area contributed by atoms with Crippen molar-refractivity contribution in [2.24, 2.45) is 0 Å². The molecule has 0 bridgehead atoms. The van der Waals surface area contributed by atoms with E-state index >= 15 is 0 Å². The van der Waals surface area contributed by atoms with Crippen LogP contribution >= 0.6 is 0 Å². The van der Waals surface area contributed by atoms with Crippen molar-refractivity contribution in [1.82, 2.24) is 19.6 Å². The predicted molar refractivity (Wildman–Crippen MR) is 84.3 cm³/mol. The van der Waals surface area contributed by atoms with Crippen LogP contribution in [0.4, 0.5) is 0 Å². The van der Waals surface area contributed by atoms with Gasteiger partial charge in [0, 0.05) is 46.2 Å². The molecule has 0 aromatic rings. The van der Waals surface area contributed by atoms with Gasteiger partial charge in [0.05, 0.1) is 13.1 Å². The summed E-state index contributed by atoms with van der Waals surface area (Å²) in [5.41, 5.74) is 0. The Labute approximate surface area is 132 Å². The van der Waals surface area contributed by atoms with Gasteiger partial charge in [0.2, 0.25) is 17.7 Å². The number of nitrogens with zero attached hydrogens (tertiary/aromatic N) is 4. The van der Waals surface area contributed by atoms with E-state index in [-0.39, 0.29) is 30.8 Å². The van der Waals surface area contributed by atoms with E-state index in [4.69, 9.17) is 0 Å². The summed E-state index contributed by atoms with van der Waals surface area (Å²) in [6.45, 7) is 9.59. The van der Waals surface area contributed by atoms with Crippen LogP contribution in [0.5, 0.6) is 0 Å². The normalized spacial score (nSPS) is 15.1. The minimum Gasteiger partial charge on any atom is -0.342 e. The van der Waals surface area contributed by atoms with E-state index < -0.39 is 0 Å². The molecule has 0 radical (unpaired) electrons. The molecule has 1 fully saturated rings. The van der Waals surface area contributed by atoms with Crippen LogP contribution in [0.2, 0.25) is 0 Å². The van der Waals surface area contributed by atoms with E-state index in [2.05, 4.69) is 0 Å². The minimum atomic E-state index is 0.0121. The molecular weight excluding hydrogens is 284 g/mol. The highest BCUT2D eigenvalue weighted by molar-refractivity contribution is 5.81. The number of likely N-dealkylation sites (N-methyl/N-ethyl adjacent to an activating group) is 2. The standard InChI is InChI=1S/C15H28N4O3/c1-5-17(6-2)14(21)11-16(4)12-15(22)19-9-7-18(8-10-19)13(3)20/h5-12H2,1-4H3. The number of carbonyl (C=O) groups excluding carboxylic acids is 3. The minimum absolute atomic E-state index is 0.0121. The van der Waals surface area contributed by atoms with Crippen molar-refractivity contribution in [3.05, 3.63) is 0 Å². The summed E-state index contributed by atoms with van der Waals surface area (Å²) in [6, 6.07) is 0. The molecule has 22 heavy (non-hydrogen) atoms. The Morgan fingerprint density at radius 2 is 1.41 bits per heavy atom. The zero-order chi connectivity index (χ0) is 16.7. The second-order valence-electron chi connectivity index (χ2n) is 5.63. The number of amides is 3. The summed E-state index contributed by atoms with van der Waals surface area (Å²) in [7, 11) is 1.78. The summed E-state index contributed by atoms with van der Waals surface area (Å²) in [6.07, 6.45) is 0. The van der Waals surface area contributed by atoms with Gasteiger partial charge in [-0.1, -0.05) is 0 Å². The molecule has 7 nitrogen and oxygen atoms in total. The molecule has 0 spiro atoms. The molecule has 0 saturated carbocycles. The highest BCUT2D eigenvalue weighted by Crippen LogP contribution is 2.03. The third kappa shape index (κ3) is 5.29. The van der Waals surface area contributed by atoms with Gasteiger partial charge in [-0.15, -0.1) is 0 Å². The summed E-state index contributed by atoms with van der Waals surface area (Å²) in [5, 5.41) is 0. The van der Waals surface area contributed by atoms with Crippen molar-refractivity contribution in [3.8, 4) is 0 Å². The first kappa shape index (κ1) is 18.4. The summed E-state index contributed by atoms with van der Waals surface area (Å²) in [5.74, 6) is 0.105. The van der Waals surface area contributed by atoms with E-state index in [0.717, 1.165) is 0 Å². The second-order valence-corrected chi connectivity index (χ2v) is 5.63. The summed E-state index contributed by atoms with van der Waals surface area (Å²) in [4.78, 5) is 42.5. The molecule has 0 aliphatic carbocycles. The van der Waals surface area contributed by atoms with Crippen molar-refractivity contribution >= 4 is 17.7 Å². The predicted octanol–water partition coefficient (Wildman–Crippen LogP) is -0.523. The fraction of sp³-hybridized carbons (Fsp3) is 0.800. The average molecular weight is 312 g/mol. The Morgan fingerprint density at radius 3 is 1.86 bits per heavy atom. The van der Waals surface area contributed by atoms with Crippen LogP contribution in [0.1, 0.15) is 20.8 Å². The average Bonchev–Trinajstić information content (AvgIpc) is 2.48. The molecule has 3 amide bonds. The Bertz CT molecular complexity index is 402. The molecule has 1 aliphatic heterocycles. The summed E-state index contributed by atoms with van der Waals surface area (Å²) < 4.78 is 0. The van der Waals surface area contributed by atoms with Gasteiger partial charge in [-0.2, -0.15) is 0 Å². The molecule has 1 heterocycles. The van der Waals surface area contributed by atoms with Gasteiger partial charge in [-0.05, 0) is 20.9 Å². The first-order valence-corrected chi connectivity index (χ1v) is 7.88. The molecule has 0 N–H and O–H groups in total. The Kier molecular flexibility index (Phi) is 7.31. The van der Waals surface area contributed by atoms with Crippen LogP contribution in [0, 0.1) is 0 Å². The summed E-state index contributed by atoms with van der Waals surface area (Å²) >= 11 is 0.